The maximum atomic E-state index is 8.03. The Labute approximate surface area is 152 Å². The van der Waals surface area contributed by atoms with Gasteiger partial charge in [0.1, 0.15) is 0 Å². The van der Waals surface area contributed by atoms with Crippen LogP contribution in [0.2, 0.25) is 0 Å². The minimum absolute atomic E-state index is 0.191. The molecule has 0 bridgehead atoms. The van der Waals surface area contributed by atoms with Crippen molar-refractivity contribution in [3.8, 4) is 0 Å². The standard InChI is InChI=1S/C21H32N4/c1-5-17(18-8-6-12-23-14-18)15-25-21(4,16-22)20(2,3)11-10-19-9-7-13-24-19/h6,8,10-12,14-16,19,22,24-25H,5,7,9,13H2,1-4H3/b11-10+,17-15+,22-16?/t19-,21?/m0/s1. The van der Waals surface area contributed by atoms with Gasteiger partial charge in [0.15, 0.2) is 0 Å². The average Bonchev–Trinajstić information content (AvgIpc) is 3.15. The molecule has 0 radical (unpaired) electrons. The molecule has 1 aliphatic rings. The smallest absolute Gasteiger partial charge is 0.0771 e. The van der Waals surface area contributed by atoms with Crippen molar-refractivity contribution in [3.05, 3.63) is 48.4 Å². The van der Waals surface area contributed by atoms with Gasteiger partial charge >= 0.3 is 0 Å². The largest absolute Gasteiger partial charge is 0.380 e. The molecule has 1 aliphatic heterocycles. The number of nitrogens with one attached hydrogen (secondary N) is 3. The van der Waals surface area contributed by atoms with Crippen LogP contribution in [0, 0.1) is 10.8 Å². The minimum atomic E-state index is -0.468. The van der Waals surface area contributed by atoms with Gasteiger partial charge in [-0.2, -0.15) is 0 Å². The van der Waals surface area contributed by atoms with Crippen molar-refractivity contribution in [1.29, 1.82) is 5.41 Å². The molecule has 1 unspecified atom stereocenters. The number of allylic oxidation sites excluding steroid dienone is 1. The molecule has 3 N–H and O–H groups in total. The highest BCUT2D eigenvalue weighted by Crippen LogP contribution is 2.32. The molecule has 0 amide bonds. The van der Waals surface area contributed by atoms with Gasteiger partial charge in [-0.25, -0.2) is 0 Å². The normalized spacial score (nSPS) is 21.3. The summed E-state index contributed by atoms with van der Waals surface area (Å²) in [7, 11) is 0. The molecular formula is C21H32N4. The Balaban J connectivity index is 2.17. The SMILES string of the molecule is CC/C(=C\NC(C)(C=N)C(C)(C)/C=C/[C@@H]1CCCN1)c1cccnc1. The Morgan fingerprint density at radius 2 is 2.24 bits per heavy atom. The van der Waals surface area contributed by atoms with Gasteiger partial charge in [-0.15, -0.1) is 0 Å². The fourth-order valence-corrected chi connectivity index (χ4v) is 3.00. The zero-order valence-corrected chi connectivity index (χ0v) is 16.0. The second-order valence-corrected chi connectivity index (χ2v) is 7.54. The molecular weight excluding hydrogens is 308 g/mol. The second kappa shape index (κ2) is 8.43. The van der Waals surface area contributed by atoms with Crippen LogP contribution in [-0.2, 0) is 0 Å². The van der Waals surface area contributed by atoms with Crippen molar-refractivity contribution in [2.75, 3.05) is 6.54 Å². The Bertz CT molecular complexity index is 612. The Hall–Kier alpha value is -1.94. The van der Waals surface area contributed by atoms with Gasteiger partial charge in [-0.1, -0.05) is 39.0 Å². The summed E-state index contributed by atoms with van der Waals surface area (Å²) in [5.74, 6) is 0. The van der Waals surface area contributed by atoms with Gasteiger partial charge in [0, 0.05) is 36.3 Å². The molecule has 1 aromatic rings. The number of rotatable bonds is 8. The molecule has 0 saturated carbocycles. The van der Waals surface area contributed by atoms with Gasteiger partial charge < -0.3 is 16.0 Å². The average molecular weight is 341 g/mol. The van der Waals surface area contributed by atoms with E-state index in [0.29, 0.717) is 6.04 Å². The molecule has 136 valence electrons. The summed E-state index contributed by atoms with van der Waals surface area (Å²) in [6, 6.07) is 4.49. The zero-order chi connectivity index (χ0) is 18.3. The highest BCUT2D eigenvalue weighted by Gasteiger charge is 2.37. The van der Waals surface area contributed by atoms with E-state index in [1.165, 1.54) is 24.6 Å². The van der Waals surface area contributed by atoms with Gasteiger partial charge in [0.05, 0.1) is 5.54 Å². The molecule has 2 heterocycles. The fourth-order valence-electron chi connectivity index (χ4n) is 3.00. The predicted molar refractivity (Wildman–Crippen MR) is 107 cm³/mol. The lowest BCUT2D eigenvalue weighted by molar-refractivity contribution is 0.296. The molecule has 1 fully saturated rings. The van der Waals surface area contributed by atoms with E-state index in [2.05, 4.69) is 61.5 Å². The first kappa shape index (κ1) is 19.4. The minimum Gasteiger partial charge on any atom is -0.380 e. The molecule has 2 rings (SSSR count). The van der Waals surface area contributed by atoms with Crippen LogP contribution in [-0.4, -0.2) is 29.3 Å². The van der Waals surface area contributed by atoms with E-state index in [1.54, 1.807) is 6.20 Å². The third-order valence-electron chi connectivity index (χ3n) is 5.43. The number of pyridine rings is 1. The monoisotopic (exact) mass is 340 g/mol. The summed E-state index contributed by atoms with van der Waals surface area (Å²) in [5, 5.41) is 15.0. The van der Waals surface area contributed by atoms with Crippen LogP contribution in [0.1, 0.15) is 52.5 Å². The molecule has 1 saturated heterocycles. The molecule has 1 aromatic heterocycles. The third kappa shape index (κ3) is 4.79. The summed E-state index contributed by atoms with van der Waals surface area (Å²) in [6.45, 7) is 9.68. The van der Waals surface area contributed by atoms with Crippen molar-refractivity contribution in [1.82, 2.24) is 15.6 Å². The van der Waals surface area contributed by atoms with E-state index in [4.69, 9.17) is 5.41 Å². The predicted octanol–water partition coefficient (Wildman–Crippen LogP) is 4.16. The number of hydrogen-bond donors (Lipinski definition) is 3. The van der Waals surface area contributed by atoms with E-state index >= 15 is 0 Å². The summed E-state index contributed by atoms with van der Waals surface area (Å²) in [5.41, 5.74) is 1.65. The lowest BCUT2D eigenvalue weighted by Gasteiger charge is -2.40. The number of aromatic nitrogens is 1. The second-order valence-electron chi connectivity index (χ2n) is 7.54. The van der Waals surface area contributed by atoms with Crippen LogP contribution >= 0.6 is 0 Å². The molecule has 0 spiro atoms. The Morgan fingerprint density at radius 1 is 1.44 bits per heavy atom. The first-order valence-electron chi connectivity index (χ1n) is 9.23. The maximum absolute atomic E-state index is 8.03. The Kier molecular flexibility index (Phi) is 6.54. The van der Waals surface area contributed by atoms with Gasteiger partial charge in [-0.3, -0.25) is 4.98 Å². The van der Waals surface area contributed by atoms with Crippen LogP contribution in [0.15, 0.2) is 42.9 Å². The summed E-state index contributed by atoms with van der Waals surface area (Å²) < 4.78 is 0. The lowest BCUT2D eigenvalue weighted by atomic mass is 9.73. The Morgan fingerprint density at radius 3 is 2.80 bits per heavy atom. The molecule has 25 heavy (non-hydrogen) atoms. The van der Waals surface area contributed by atoms with Gasteiger partial charge in [0.25, 0.3) is 0 Å². The third-order valence-corrected chi connectivity index (χ3v) is 5.43. The zero-order valence-electron chi connectivity index (χ0n) is 16.0. The first-order chi connectivity index (χ1) is 11.9. The molecule has 4 heteroatoms. The van der Waals surface area contributed by atoms with Crippen molar-refractivity contribution >= 4 is 11.8 Å². The molecule has 0 aliphatic carbocycles. The molecule has 0 aromatic carbocycles. The van der Waals surface area contributed by atoms with Crippen LogP contribution in [0.4, 0.5) is 0 Å². The maximum Gasteiger partial charge on any atom is 0.0771 e. The van der Waals surface area contributed by atoms with Crippen LogP contribution in [0.25, 0.3) is 5.57 Å². The van der Waals surface area contributed by atoms with Crippen molar-refractivity contribution in [2.24, 2.45) is 5.41 Å². The van der Waals surface area contributed by atoms with E-state index in [9.17, 15) is 0 Å². The van der Waals surface area contributed by atoms with E-state index < -0.39 is 5.54 Å². The summed E-state index contributed by atoms with van der Waals surface area (Å²) >= 11 is 0. The van der Waals surface area contributed by atoms with Crippen molar-refractivity contribution in [3.63, 3.8) is 0 Å². The number of hydrogen-bond acceptors (Lipinski definition) is 4. The van der Waals surface area contributed by atoms with Crippen molar-refractivity contribution < 1.29 is 0 Å². The summed E-state index contributed by atoms with van der Waals surface area (Å²) in [4.78, 5) is 4.21. The molecule has 4 nitrogen and oxygen atoms in total. The van der Waals surface area contributed by atoms with Gasteiger partial charge in [0.2, 0.25) is 0 Å². The van der Waals surface area contributed by atoms with Gasteiger partial charge in [-0.05, 0) is 49.9 Å². The number of nitrogens with zero attached hydrogens (tertiary/aromatic N) is 1. The lowest BCUT2D eigenvalue weighted by Crippen LogP contribution is -2.52. The topological polar surface area (TPSA) is 60.8 Å². The molecule has 2 atom stereocenters. The summed E-state index contributed by atoms with van der Waals surface area (Å²) in [6.07, 6.45) is 15.1. The fraction of sp³-hybridized carbons (Fsp3) is 0.524. The van der Waals surface area contributed by atoms with Crippen LogP contribution in [0.5, 0.6) is 0 Å². The highest BCUT2D eigenvalue weighted by molar-refractivity contribution is 5.71. The van der Waals surface area contributed by atoms with E-state index in [1.807, 2.05) is 18.5 Å². The van der Waals surface area contributed by atoms with Crippen LogP contribution in [0.3, 0.4) is 0 Å². The highest BCUT2D eigenvalue weighted by atomic mass is 15.0. The van der Waals surface area contributed by atoms with Crippen LogP contribution < -0.4 is 10.6 Å². The van der Waals surface area contributed by atoms with E-state index in [0.717, 1.165) is 18.5 Å². The first-order valence-corrected chi connectivity index (χ1v) is 9.23. The van der Waals surface area contributed by atoms with E-state index in [-0.39, 0.29) is 5.41 Å². The quantitative estimate of drug-likeness (QED) is 0.492. The van der Waals surface area contributed by atoms with Crippen molar-refractivity contribution in [2.45, 2.75) is 58.5 Å².